The smallest absolute Gasteiger partial charge is 0.00956 e. The summed E-state index contributed by atoms with van der Waals surface area (Å²) >= 11 is 0. The fraction of sp³-hybridized carbons (Fsp3) is 0.867. The van der Waals surface area contributed by atoms with Gasteiger partial charge in [0, 0.05) is 12.5 Å². The molecule has 1 N–H and O–H groups in total. The Bertz CT molecular complexity index is 223. The molecule has 2 atom stereocenters. The fourth-order valence-electron chi connectivity index (χ4n) is 2.71. The normalized spacial score (nSPS) is 25.6. The molecular weight excluding hydrogens is 194 g/mol. The van der Waals surface area contributed by atoms with Crippen LogP contribution in [0.2, 0.25) is 0 Å². The molecular formula is C15H27N. The molecule has 0 bridgehead atoms. The van der Waals surface area contributed by atoms with Gasteiger partial charge < -0.3 is 5.32 Å². The van der Waals surface area contributed by atoms with Crippen molar-refractivity contribution in [3.63, 3.8) is 0 Å². The fourth-order valence-corrected chi connectivity index (χ4v) is 2.71. The van der Waals surface area contributed by atoms with E-state index < -0.39 is 0 Å². The Balaban J connectivity index is 2.40. The van der Waals surface area contributed by atoms with E-state index in [1.807, 2.05) is 6.92 Å². The topological polar surface area (TPSA) is 12.0 Å². The zero-order valence-corrected chi connectivity index (χ0v) is 11.0. The monoisotopic (exact) mass is 221 g/mol. The van der Waals surface area contributed by atoms with Gasteiger partial charge in [-0.3, -0.25) is 0 Å². The Morgan fingerprint density at radius 1 is 1.19 bits per heavy atom. The van der Waals surface area contributed by atoms with E-state index in [1.165, 1.54) is 51.5 Å². The van der Waals surface area contributed by atoms with E-state index in [4.69, 9.17) is 0 Å². The number of hydrogen-bond acceptors (Lipinski definition) is 1. The molecule has 0 aromatic heterocycles. The molecule has 0 heterocycles. The summed E-state index contributed by atoms with van der Waals surface area (Å²) in [5, 5.41) is 3.74. The van der Waals surface area contributed by atoms with Gasteiger partial charge in [0.25, 0.3) is 0 Å². The molecule has 0 aliphatic heterocycles. The van der Waals surface area contributed by atoms with Gasteiger partial charge in [0.05, 0.1) is 0 Å². The highest BCUT2D eigenvalue weighted by molar-refractivity contribution is 4.96. The molecule has 1 heteroatoms. The second-order valence-corrected chi connectivity index (χ2v) is 4.92. The zero-order valence-electron chi connectivity index (χ0n) is 11.0. The Hall–Kier alpha value is -0.480. The molecule has 92 valence electrons. The molecule has 1 nitrogen and oxygen atoms in total. The van der Waals surface area contributed by atoms with Gasteiger partial charge in [0.2, 0.25) is 0 Å². The van der Waals surface area contributed by atoms with E-state index in [9.17, 15) is 0 Å². The lowest BCUT2D eigenvalue weighted by molar-refractivity contribution is 0.320. The largest absolute Gasteiger partial charge is 0.314 e. The van der Waals surface area contributed by atoms with Crippen LogP contribution >= 0.6 is 0 Å². The summed E-state index contributed by atoms with van der Waals surface area (Å²) < 4.78 is 0. The Labute approximate surface area is 101 Å². The molecule has 1 aliphatic rings. The van der Waals surface area contributed by atoms with Gasteiger partial charge in [-0.1, -0.05) is 26.2 Å². The van der Waals surface area contributed by atoms with Gasteiger partial charge in [-0.25, -0.2) is 0 Å². The predicted octanol–water partition coefficient (Wildman–Crippen LogP) is 3.74. The zero-order chi connectivity index (χ0) is 11.6. The highest BCUT2D eigenvalue weighted by Gasteiger charge is 2.22. The maximum atomic E-state index is 3.74. The summed E-state index contributed by atoms with van der Waals surface area (Å²) in [6, 6.07) is 0.765. The summed E-state index contributed by atoms with van der Waals surface area (Å²) in [7, 11) is 0. The average Bonchev–Trinajstić information content (AvgIpc) is 2.52. The van der Waals surface area contributed by atoms with Gasteiger partial charge in [0.15, 0.2) is 0 Å². The number of hydrogen-bond donors (Lipinski definition) is 1. The summed E-state index contributed by atoms with van der Waals surface area (Å²) in [6.45, 7) is 5.38. The maximum Gasteiger partial charge on any atom is 0.00956 e. The van der Waals surface area contributed by atoms with Crippen molar-refractivity contribution in [2.45, 2.75) is 71.3 Å². The van der Waals surface area contributed by atoms with Crippen LogP contribution in [0.25, 0.3) is 0 Å². The Morgan fingerprint density at radius 2 is 2.00 bits per heavy atom. The van der Waals surface area contributed by atoms with E-state index in [2.05, 4.69) is 24.1 Å². The molecule has 1 fully saturated rings. The standard InChI is InChI=1S/C15H27N/c1-3-5-7-10-14-11-8-6-9-12-15(14)16-13-4-2/h14-16H,4,6-13H2,1-2H3. The number of nitrogens with one attached hydrogen (secondary N) is 1. The van der Waals surface area contributed by atoms with Crippen molar-refractivity contribution >= 4 is 0 Å². The number of rotatable bonds is 5. The average molecular weight is 221 g/mol. The van der Waals surface area contributed by atoms with E-state index in [0.29, 0.717) is 0 Å². The van der Waals surface area contributed by atoms with Gasteiger partial charge in [-0.2, -0.15) is 0 Å². The van der Waals surface area contributed by atoms with E-state index in [1.54, 1.807) is 0 Å². The molecule has 0 aromatic rings. The first-order valence-electron chi connectivity index (χ1n) is 7.01. The van der Waals surface area contributed by atoms with Crippen LogP contribution in [0.1, 0.15) is 65.2 Å². The second kappa shape index (κ2) is 8.65. The van der Waals surface area contributed by atoms with Crippen LogP contribution in [-0.4, -0.2) is 12.6 Å². The molecule has 1 rings (SSSR count). The van der Waals surface area contributed by atoms with E-state index in [0.717, 1.165) is 18.4 Å². The lowest BCUT2D eigenvalue weighted by Crippen LogP contribution is -2.36. The minimum absolute atomic E-state index is 0.765. The van der Waals surface area contributed by atoms with Crippen LogP contribution in [0, 0.1) is 17.8 Å². The molecule has 0 saturated heterocycles. The van der Waals surface area contributed by atoms with Crippen molar-refractivity contribution in [3.8, 4) is 11.8 Å². The molecule has 1 saturated carbocycles. The van der Waals surface area contributed by atoms with Crippen molar-refractivity contribution in [2.24, 2.45) is 5.92 Å². The predicted molar refractivity (Wildman–Crippen MR) is 71.3 cm³/mol. The van der Waals surface area contributed by atoms with Gasteiger partial charge in [0.1, 0.15) is 0 Å². The van der Waals surface area contributed by atoms with Crippen molar-refractivity contribution in [1.82, 2.24) is 5.32 Å². The summed E-state index contributed by atoms with van der Waals surface area (Å²) in [5.74, 6) is 7.10. The summed E-state index contributed by atoms with van der Waals surface area (Å²) in [4.78, 5) is 0. The third kappa shape index (κ3) is 5.03. The van der Waals surface area contributed by atoms with Crippen molar-refractivity contribution in [3.05, 3.63) is 0 Å². The first-order valence-corrected chi connectivity index (χ1v) is 7.01. The summed E-state index contributed by atoms with van der Waals surface area (Å²) in [6.07, 6.45) is 10.7. The van der Waals surface area contributed by atoms with Crippen molar-refractivity contribution in [1.29, 1.82) is 0 Å². The highest BCUT2D eigenvalue weighted by Crippen LogP contribution is 2.26. The van der Waals surface area contributed by atoms with Crippen molar-refractivity contribution in [2.75, 3.05) is 6.54 Å². The van der Waals surface area contributed by atoms with Crippen LogP contribution < -0.4 is 5.32 Å². The van der Waals surface area contributed by atoms with Crippen LogP contribution in [-0.2, 0) is 0 Å². The SMILES string of the molecule is CC#CCCC1CCCCCC1NCCC. The lowest BCUT2D eigenvalue weighted by Gasteiger charge is -2.25. The van der Waals surface area contributed by atoms with Crippen LogP contribution in [0.4, 0.5) is 0 Å². The first kappa shape index (κ1) is 13.6. The lowest BCUT2D eigenvalue weighted by atomic mass is 9.90. The summed E-state index contributed by atoms with van der Waals surface area (Å²) in [5.41, 5.74) is 0. The van der Waals surface area contributed by atoms with Gasteiger partial charge in [-0.05, 0) is 45.1 Å². The first-order chi connectivity index (χ1) is 7.88. The minimum atomic E-state index is 0.765. The van der Waals surface area contributed by atoms with Crippen molar-refractivity contribution < 1.29 is 0 Å². The maximum absolute atomic E-state index is 3.74. The quantitative estimate of drug-likeness (QED) is 0.551. The van der Waals surface area contributed by atoms with Crippen LogP contribution in [0.3, 0.4) is 0 Å². The molecule has 2 unspecified atom stereocenters. The molecule has 0 amide bonds. The molecule has 1 aliphatic carbocycles. The molecule has 0 aromatic carbocycles. The van der Waals surface area contributed by atoms with Crippen LogP contribution in [0.5, 0.6) is 0 Å². The van der Waals surface area contributed by atoms with E-state index in [-0.39, 0.29) is 0 Å². The van der Waals surface area contributed by atoms with Gasteiger partial charge >= 0.3 is 0 Å². The third-order valence-corrected chi connectivity index (χ3v) is 3.63. The van der Waals surface area contributed by atoms with E-state index >= 15 is 0 Å². The third-order valence-electron chi connectivity index (χ3n) is 3.63. The van der Waals surface area contributed by atoms with Gasteiger partial charge in [-0.15, -0.1) is 11.8 Å². The Kier molecular flexibility index (Phi) is 7.34. The molecule has 16 heavy (non-hydrogen) atoms. The molecule has 0 radical (unpaired) electrons. The second-order valence-electron chi connectivity index (χ2n) is 4.92. The Morgan fingerprint density at radius 3 is 2.75 bits per heavy atom. The molecule has 0 spiro atoms. The minimum Gasteiger partial charge on any atom is -0.314 e. The highest BCUT2D eigenvalue weighted by atomic mass is 14.9. The van der Waals surface area contributed by atoms with Crippen LogP contribution in [0.15, 0.2) is 0 Å².